The van der Waals surface area contributed by atoms with Gasteiger partial charge in [0.05, 0.1) is 18.4 Å². The Labute approximate surface area is 224 Å². The van der Waals surface area contributed by atoms with E-state index in [9.17, 15) is 4.79 Å². The zero-order valence-electron chi connectivity index (χ0n) is 22.9. The molecule has 2 N–H and O–H groups in total. The van der Waals surface area contributed by atoms with Crippen LogP contribution in [0.2, 0.25) is 0 Å². The van der Waals surface area contributed by atoms with E-state index < -0.39 is 0 Å². The quantitative estimate of drug-likeness (QED) is 0.375. The smallest absolute Gasteiger partial charge is 0.252 e. The van der Waals surface area contributed by atoms with E-state index in [-0.39, 0.29) is 18.0 Å². The van der Waals surface area contributed by atoms with Crippen molar-refractivity contribution in [2.24, 2.45) is 7.05 Å². The van der Waals surface area contributed by atoms with Gasteiger partial charge in [0.15, 0.2) is 0 Å². The molecule has 3 heterocycles. The minimum absolute atomic E-state index is 0.0621. The third kappa shape index (κ3) is 5.50. The van der Waals surface area contributed by atoms with Crippen molar-refractivity contribution >= 4 is 11.6 Å². The van der Waals surface area contributed by atoms with Crippen molar-refractivity contribution in [1.29, 1.82) is 0 Å². The summed E-state index contributed by atoms with van der Waals surface area (Å²) in [5, 5.41) is 15.5. The first-order valence-electron chi connectivity index (χ1n) is 13.3. The fraction of sp³-hybridized carbons (Fsp3) is 0.367. The van der Waals surface area contributed by atoms with Crippen LogP contribution in [0.15, 0.2) is 61.2 Å². The van der Waals surface area contributed by atoms with E-state index in [1.807, 2.05) is 56.3 Å². The second-order valence-corrected chi connectivity index (χ2v) is 10.5. The zero-order valence-corrected chi connectivity index (χ0v) is 22.9. The van der Waals surface area contributed by atoms with Gasteiger partial charge in [-0.25, -0.2) is 0 Å². The van der Waals surface area contributed by atoms with Crippen LogP contribution in [0.3, 0.4) is 0 Å². The maximum atomic E-state index is 13.5. The van der Waals surface area contributed by atoms with Crippen LogP contribution in [0.25, 0.3) is 22.3 Å². The molecule has 0 saturated carbocycles. The molecule has 0 spiro atoms. The molecule has 1 atom stereocenters. The lowest BCUT2D eigenvalue weighted by Gasteiger charge is -2.30. The van der Waals surface area contributed by atoms with Crippen molar-refractivity contribution in [2.75, 3.05) is 31.1 Å². The number of anilines is 1. The van der Waals surface area contributed by atoms with Crippen molar-refractivity contribution in [2.45, 2.75) is 39.8 Å². The first kappa shape index (κ1) is 25.7. The summed E-state index contributed by atoms with van der Waals surface area (Å²) in [6.07, 6.45) is 7.86. The third-order valence-electron chi connectivity index (χ3n) is 7.25. The lowest BCUT2D eigenvalue weighted by atomic mass is 9.96. The Morgan fingerprint density at radius 2 is 1.61 bits per heavy atom. The van der Waals surface area contributed by atoms with Gasteiger partial charge in [-0.15, -0.1) is 0 Å². The molecule has 4 aromatic rings. The Bertz CT molecular complexity index is 1430. The van der Waals surface area contributed by atoms with E-state index >= 15 is 0 Å². The van der Waals surface area contributed by atoms with Crippen LogP contribution in [0.4, 0.5) is 5.69 Å². The number of benzene rings is 2. The lowest BCUT2D eigenvalue weighted by Crippen LogP contribution is -2.43. The molecule has 1 aliphatic heterocycles. The van der Waals surface area contributed by atoms with Crippen molar-refractivity contribution in [3.05, 3.63) is 77.9 Å². The number of hydrogen-bond donors (Lipinski definition) is 2. The fourth-order valence-electron chi connectivity index (χ4n) is 4.91. The summed E-state index contributed by atoms with van der Waals surface area (Å²) in [6.45, 7) is 12.1. The van der Waals surface area contributed by atoms with Gasteiger partial charge in [0, 0.05) is 74.0 Å². The van der Waals surface area contributed by atoms with Crippen LogP contribution in [-0.4, -0.2) is 51.6 Å². The van der Waals surface area contributed by atoms with Gasteiger partial charge in [0.1, 0.15) is 0 Å². The summed E-state index contributed by atoms with van der Waals surface area (Å²) in [5.41, 5.74) is 8.01. The Balaban J connectivity index is 1.44. The summed E-state index contributed by atoms with van der Waals surface area (Å²) < 4.78 is 3.77. The van der Waals surface area contributed by atoms with E-state index in [0.717, 1.165) is 70.8 Å². The number of aromatic nitrogens is 4. The number of carbonyl (C=O) groups excluding carboxylic acids is 1. The maximum absolute atomic E-state index is 13.5. The average molecular weight is 512 g/mol. The summed E-state index contributed by atoms with van der Waals surface area (Å²) in [5.74, 6) is -0.0621. The van der Waals surface area contributed by atoms with Crippen LogP contribution < -0.4 is 15.5 Å². The predicted molar refractivity (Wildman–Crippen MR) is 152 cm³/mol. The maximum Gasteiger partial charge on any atom is 0.252 e. The van der Waals surface area contributed by atoms with E-state index in [0.29, 0.717) is 0 Å². The van der Waals surface area contributed by atoms with Crippen LogP contribution in [-0.2, 0) is 7.05 Å². The number of carbonyl (C=O) groups is 1. The number of hydrogen-bond acceptors (Lipinski definition) is 5. The van der Waals surface area contributed by atoms with E-state index in [4.69, 9.17) is 0 Å². The number of amides is 1. The Hall–Kier alpha value is -3.91. The number of piperazine rings is 1. The van der Waals surface area contributed by atoms with Crippen molar-refractivity contribution < 1.29 is 4.79 Å². The molecule has 38 heavy (non-hydrogen) atoms. The molecule has 8 nitrogen and oxygen atoms in total. The number of nitrogens with zero attached hydrogens (tertiary/aromatic N) is 5. The third-order valence-corrected chi connectivity index (χ3v) is 7.25. The number of rotatable bonds is 7. The standard InChI is InChI=1S/C30H37N7O/c1-20(2)37-19-27(17-33-37)25-13-23(12-24(14-25)26-16-32-35(5)18-26)22(4)34-30(38)29-15-28(7-6-21(29)3)36-10-8-31-9-11-36/h6-7,12-20,22,31H,8-11H2,1-5H3,(H,34,38)/t22-/m1/s1. The summed E-state index contributed by atoms with van der Waals surface area (Å²) in [4.78, 5) is 15.8. The van der Waals surface area contributed by atoms with Gasteiger partial charge >= 0.3 is 0 Å². The Morgan fingerprint density at radius 1 is 0.921 bits per heavy atom. The first-order chi connectivity index (χ1) is 18.3. The van der Waals surface area contributed by atoms with E-state index in [1.54, 1.807) is 4.68 Å². The highest BCUT2D eigenvalue weighted by Crippen LogP contribution is 2.31. The molecule has 0 bridgehead atoms. The molecule has 1 aliphatic rings. The summed E-state index contributed by atoms with van der Waals surface area (Å²) >= 11 is 0. The first-order valence-corrected chi connectivity index (χ1v) is 13.3. The number of nitrogens with one attached hydrogen (secondary N) is 2. The highest BCUT2D eigenvalue weighted by Gasteiger charge is 2.19. The average Bonchev–Trinajstić information content (AvgIpc) is 3.59. The van der Waals surface area contributed by atoms with Crippen LogP contribution in [0.5, 0.6) is 0 Å². The summed E-state index contributed by atoms with van der Waals surface area (Å²) in [7, 11) is 1.92. The van der Waals surface area contributed by atoms with Gasteiger partial charge in [-0.2, -0.15) is 10.2 Å². The minimum atomic E-state index is -0.194. The molecule has 2 aromatic carbocycles. The lowest BCUT2D eigenvalue weighted by molar-refractivity contribution is 0.0939. The molecule has 1 fully saturated rings. The van der Waals surface area contributed by atoms with Gasteiger partial charge in [0.25, 0.3) is 5.91 Å². The topological polar surface area (TPSA) is 80.0 Å². The van der Waals surface area contributed by atoms with Gasteiger partial charge in [-0.05, 0) is 80.3 Å². The Kier molecular flexibility index (Phi) is 7.33. The second kappa shape index (κ2) is 10.8. The van der Waals surface area contributed by atoms with E-state index in [2.05, 4.69) is 70.0 Å². The molecular weight excluding hydrogens is 474 g/mol. The molecule has 5 rings (SSSR count). The molecule has 0 radical (unpaired) electrons. The molecule has 0 unspecified atom stereocenters. The normalized spacial score (nSPS) is 14.6. The van der Waals surface area contributed by atoms with Gasteiger partial charge < -0.3 is 15.5 Å². The fourth-order valence-corrected chi connectivity index (χ4v) is 4.91. The predicted octanol–water partition coefficient (Wildman–Crippen LogP) is 4.74. The number of aryl methyl sites for hydroxylation is 2. The second-order valence-electron chi connectivity index (χ2n) is 10.5. The molecule has 1 amide bonds. The minimum Gasteiger partial charge on any atom is -0.369 e. The SMILES string of the molecule is Cc1ccc(N2CCNCC2)cc1C(=O)N[C@H](C)c1cc(-c2cnn(C)c2)cc(-c2cnn(C(C)C)c2)c1. The van der Waals surface area contributed by atoms with Crippen LogP contribution >= 0.6 is 0 Å². The van der Waals surface area contributed by atoms with Crippen molar-refractivity contribution in [3.63, 3.8) is 0 Å². The van der Waals surface area contributed by atoms with Crippen LogP contribution in [0, 0.1) is 6.92 Å². The van der Waals surface area contributed by atoms with Gasteiger partial charge in [-0.3, -0.25) is 14.2 Å². The van der Waals surface area contributed by atoms with Crippen LogP contribution in [0.1, 0.15) is 54.3 Å². The highest BCUT2D eigenvalue weighted by molar-refractivity contribution is 5.97. The monoisotopic (exact) mass is 511 g/mol. The van der Waals surface area contributed by atoms with Crippen molar-refractivity contribution in [3.8, 4) is 22.3 Å². The van der Waals surface area contributed by atoms with Gasteiger partial charge in [0.2, 0.25) is 0 Å². The highest BCUT2D eigenvalue weighted by atomic mass is 16.1. The molecular formula is C30H37N7O. The Morgan fingerprint density at radius 3 is 2.24 bits per heavy atom. The van der Waals surface area contributed by atoms with Gasteiger partial charge in [-0.1, -0.05) is 6.07 Å². The molecule has 0 aliphatic carbocycles. The molecule has 1 saturated heterocycles. The van der Waals surface area contributed by atoms with E-state index in [1.165, 1.54) is 0 Å². The molecule has 8 heteroatoms. The van der Waals surface area contributed by atoms with Crippen molar-refractivity contribution in [1.82, 2.24) is 30.2 Å². The largest absolute Gasteiger partial charge is 0.369 e. The molecule has 198 valence electrons. The molecule has 2 aromatic heterocycles. The zero-order chi connectivity index (χ0) is 26.8. The summed E-state index contributed by atoms with van der Waals surface area (Å²) in [6, 6.07) is 12.7.